The number of carbonyl (C=O) groups is 3. The van der Waals surface area contributed by atoms with Crippen LogP contribution in [-0.4, -0.2) is 48.9 Å². The van der Waals surface area contributed by atoms with E-state index in [0.29, 0.717) is 31.1 Å². The van der Waals surface area contributed by atoms with Gasteiger partial charge in [-0.3, -0.25) is 14.4 Å². The molecule has 0 saturated carbocycles. The summed E-state index contributed by atoms with van der Waals surface area (Å²) in [4.78, 5) is 38.5. The zero-order chi connectivity index (χ0) is 21.3. The lowest BCUT2D eigenvalue weighted by Crippen LogP contribution is -2.46. The number of rotatable bonds is 8. The van der Waals surface area contributed by atoms with Crippen molar-refractivity contribution < 1.29 is 23.5 Å². The van der Waals surface area contributed by atoms with Crippen molar-refractivity contribution in [3.05, 3.63) is 48.4 Å². The zero-order valence-electron chi connectivity index (χ0n) is 17.1. The normalized spacial score (nSPS) is 16.0. The Morgan fingerprint density at radius 2 is 2.10 bits per heavy atom. The van der Waals surface area contributed by atoms with Gasteiger partial charge in [0.05, 0.1) is 12.2 Å². The third-order valence-corrected chi connectivity index (χ3v) is 4.89. The molecule has 2 N–H and O–H groups in total. The number of furan rings is 1. The Kier molecular flexibility index (Phi) is 7.48. The van der Waals surface area contributed by atoms with Crippen LogP contribution >= 0.6 is 0 Å². The summed E-state index contributed by atoms with van der Waals surface area (Å²) in [5.74, 6) is -0.0134. The van der Waals surface area contributed by atoms with Crippen LogP contribution in [0.4, 0.5) is 5.69 Å². The van der Waals surface area contributed by atoms with Crippen LogP contribution in [0.2, 0.25) is 0 Å². The fourth-order valence-corrected chi connectivity index (χ4v) is 3.31. The number of nitrogens with zero attached hydrogens (tertiary/aromatic N) is 1. The molecule has 1 aliphatic rings. The van der Waals surface area contributed by atoms with Crippen LogP contribution in [0.3, 0.4) is 0 Å². The number of anilines is 1. The van der Waals surface area contributed by atoms with Crippen LogP contribution in [-0.2, 0) is 9.59 Å². The molecular formula is C22H27N3O5. The second kappa shape index (κ2) is 10.5. The Bertz CT molecular complexity index is 865. The number of nitrogens with one attached hydrogen (secondary N) is 2. The second-order valence-corrected chi connectivity index (χ2v) is 7.22. The number of hydrogen-bond acceptors (Lipinski definition) is 5. The van der Waals surface area contributed by atoms with Gasteiger partial charge in [-0.15, -0.1) is 0 Å². The Hall–Kier alpha value is -3.29. The van der Waals surface area contributed by atoms with E-state index < -0.39 is 0 Å². The van der Waals surface area contributed by atoms with Crippen molar-refractivity contribution in [1.29, 1.82) is 0 Å². The predicted octanol–water partition coefficient (Wildman–Crippen LogP) is 2.68. The number of carbonyl (C=O) groups excluding carboxylic acids is 3. The van der Waals surface area contributed by atoms with Crippen molar-refractivity contribution in [3.63, 3.8) is 0 Å². The van der Waals surface area contributed by atoms with Crippen molar-refractivity contribution in [2.45, 2.75) is 26.2 Å². The van der Waals surface area contributed by atoms with Gasteiger partial charge >= 0.3 is 0 Å². The molecule has 30 heavy (non-hydrogen) atoms. The van der Waals surface area contributed by atoms with Gasteiger partial charge in [-0.05, 0) is 43.5 Å². The largest absolute Gasteiger partial charge is 0.484 e. The number of benzene rings is 1. The Morgan fingerprint density at radius 3 is 2.87 bits per heavy atom. The van der Waals surface area contributed by atoms with Gasteiger partial charge in [-0.25, -0.2) is 0 Å². The minimum atomic E-state index is -0.367. The maximum Gasteiger partial charge on any atom is 0.291 e. The van der Waals surface area contributed by atoms with Crippen LogP contribution in [0.5, 0.6) is 5.75 Å². The molecule has 1 fully saturated rings. The quantitative estimate of drug-likeness (QED) is 0.693. The smallest absolute Gasteiger partial charge is 0.291 e. The van der Waals surface area contributed by atoms with E-state index in [2.05, 4.69) is 10.6 Å². The molecule has 0 bridgehead atoms. The molecule has 3 amide bonds. The lowest BCUT2D eigenvalue weighted by Gasteiger charge is -2.32. The fraction of sp³-hybridized carbons (Fsp3) is 0.409. The highest BCUT2D eigenvalue weighted by Gasteiger charge is 2.28. The van der Waals surface area contributed by atoms with Gasteiger partial charge in [0.2, 0.25) is 5.91 Å². The van der Waals surface area contributed by atoms with Crippen LogP contribution in [0, 0.1) is 5.92 Å². The number of hydrogen-bond donors (Lipinski definition) is 2. The monoisotopic (exact) mass is 413 g/mol. The molecule has 0 radical (unpaired) electrons. The average Bonchev–Trinajstić information content (AvgIpc) is 3.31. The third kappa shape index (κ3) is 5.85. The molecular weight excluding hydrogens is 386 g/mol. The molecule has 160 valence electrons. The first-order chi connectivity index (χ1) is 14.6. The number of likely N-dealkylation sites (tertiary alicyclic amines) is 1. The molecule has 1 aromatic heterocycles. The SMILES string of the molecule is CCCNC(=O)C1CCCN(C(=O)COc2cccc(NC(=O)c3ccco3)c2)C1. The fourth-order valence-electron chi connectivity index (χ4n) is 3.31. The highest BCUT2D eigenvalue weighted by Crippen LogP contribution is 2.20. The average molecular weight is 413 g/mol. The number of ether oxygens (including phenoxy) is 1. The van der Waals surface area contributed by atoms with E-state index in [1.165, 1.54) is 6.26 Å². The van der Waals surface area contributed by atoms with Crippen LogP contribution in [0.15, 0.2) is 47.1 Å². The Morgan fingerprint density at radius 1 is 1.23 bits per heavy atom. The number of amides is 3. The van der Waals surface area contributed by atoms with Gasteiger partial charge in [0.25, 0.3) is 11.8 Å². The molecule has 1 unspecified atom stereocenters. The predicted molar refractivity (Wildman–Crippen MR) is 111 cm³/mol. The summed E-state index contributed by atoms with van der Waals surface area (Å²) >= 11 is 0. The maximum atomic E-state index is 12.6. The molecule has 8 heteroatoms. The first kappa shape index (κ1) is 21.4. The zero-order valence-corrected chi connectivity index (χ0v) is 17.1. The van der Waals surface area contributed by atoms with Crippen molar-refractivity contribution in [2.75, 3.05) is 31.6 Å². The van der Waals surface area contributed by atoms with E-state index in [0.717, 1.165) is 19.3 Å². The van der Waals surface area contributed by atoms with Crippen molar-refractivity contribution in [2.24, 2.45) is 5.92 Å². The molecule has 0 aliphatic carbocycles. The van der Waals surface area contributed by atoms with Crippen molar-refractivity contribution >= 4 is 23.4 Å². The molecule has 1 saturated heterocycles. The van der Waals surface area contributed by atoms with Crippen molar-refractivity contribution in [3.8, 4) is 5.75 Å². The lowest BCUT2D eigenvalue weighted by molar-refractivity contribution is -0.137. The first-order valence-corrected chi connectivity index (χ1v) is 10.2. The third-order valence-electron chi connectivity index (χ3n) is 4.89. The Balaban J connectivity index is 1.50. The number of piperidine rings is 1. The summed E-state index contributed by atoms with van der Waals surface area (Å²) in [5, 5.41) is 5.62. The van der Waals surface area contributed by atoms with Gasteiger partial charge in [-0.2, -0.15) is 0 Å². The van der Waals surface area contributed by atoms with Crippen molar-refractivity contribution in [1.82, 2.24) is 10.2 Å². The summed E-state index contributed by atoms with van der Waals surface area (Å²) in [6, 6.07) is 10.0. The topological polar surface area (TPSA) is 101 Å². The van der Waals surface area contributed by atoms with Gasteiger partial charge in [0.1, 0.15) is 5.75 Å². The molecule has 8 nitrogen and oxygen atoms in total. The molecule has 1 atom stereocenters. The molecule has 1 aromatic carbocycles. The Labute approximate surface area is 175 Å². The van der Waals surface area contributed by atoms with E-state index >= 15 is 0 Å². The minimum Gasteiger partial charge on any atom is -0.484 e. The van der Waals surface area contributed by atoms with Gasteiger partial charge < -0.3 is 24.7 Å². The summed E-state index contributed by atoms with van der Waals surface area (Å²) in [6.45, 7) is 3.57. The highest BCUT2D eigenvalue weighted by atomic mass is 16.5. The van der Waals surface area contributed by atoms with E-state index in [-0.39, 0.29) is 36.0 Å². The molecule has 3 rings (SSSR count). The second-order valence-electron chi connectivity index (χ2n) is 7.22. The van der Waals surface area contributed by atoms with Gasteiger partial charge in [0.15, 0.2) is 12.4 Å². The highest BCUT2D eigenvalue weighted by molar-refractivity contribution is 6.02. The summed E-state index contributed by atoms with van der Waals surface area (Å²) < 4.78 is 10.7. The standard InChI is InChI=1S/C22H27N3O5/c1-2-10-23-21(27)16-6-4-11-25(14-16)20(26)15-30-18-8-3-7-17(13-18)24-22(28)19-9-5-12-29-19/h3,5,7-9,12-13,16H,2,4,6,10-11,14-15H2,1H3,(H,23,27)(H,24,28). The first-order valence-electron chi connectivity index (χ1n) is 10.2. The van der Waals surface area contributed by atoms with E-state index in [4.69, 9.17) is 9.15 Å². The summed E-state index contributed by atoms with van der Waals surface area (Å²) in [5.41, 5.74) is 0.534. The minimum absolute atomic E-state index is 0.00951. The summed E-state index contributed by atoms with van der Waals surface area (Å²) in [6.07, 6.45) is 3.90. The van der Waals surface area contributed by atoms with Crippen LogP contribution in [0.1, 0.15) is 36.7 Å². The molecule has 0 spiro atoms. The summed E-state index contributed by atoms with van der Waals surface area (Å²) in [7, 11) is 0. The van der Waals surface area contributed by atoms with Crippen LogP contribution in [0.25, 0.3) is 0 Å². The molecule has 2 heterocycles. The van der Waals surface area contributed by atoms with Gasteiger partial charge in [0, 0.05) is 31.4 Å². The van der Waals surface area contributed by atoms with E-state index in [1.807, 2.05) is 6.92 Å². The van der Waals surface area contributed by atoms with Crippen LogP contribution < -0.4 is 15.4 Å². The maximum absolute atomic E-state index is 12.6. The lowest BCUT2D eigenvalue weighted by atomic mass is 9.97. The van der Waals surface area contributed by atoms with E-state index in [9.17, 15) is 14.4 Å². The van der Waals surface area contributed by atoms with Gasteiger partial charge in [-0.1, -0.05) is 13.0 Å². The molecule has 2 aromatic rings. The molecule has 1 aliphatic heterocycles. The van der Waals surface area contributed by atoms with E-state index in [1.54, 1.807) is 41.3 Å².